The van der Waals surface area contributed by atoms with Crippen LogP contribution in [0, 0.1) is 5.92 Å². The van der Waals surface area contributed by atoms with Gasteiger partial charge in [0, 0.05) is 5.92 Å². The number of carbonyl (C=O) groups is 1. The first kappa shape index (κ1) is 22.0. The average molecular weight is 347 g/mol. The minimum Gasteiger partial charge on any atom is -0.414 e. The molecule has 0 heterocycles. The van der Waals surface area contributed by atoms with Crippen molar-refractivity contribution in [2.24, 2.45) is 5.92 Å². The number of rotatable bonds is 7. The van der Waals surface area contributed by atoms with E-state index in [0.717, 1.165) is 6.29 Å². The molecule has 2 atom stereocenters. The Morgan fingerprint density at radius 3 is 1.64 bits per heavy atom. The molecule has 0 saturated heterocycles. The maximum atomic E-state index is 11.3. The molecule has 0 aliphatic heterocycles. The lowest BCUT2D eigenvalue weighted by molar-refractivity contribution is -0.114. The van der Waals surface area contributed by atoms with Crippen molar-refractivity contribution in [2.75, 3.05) is 6.61 Å². The van der Waals surface area contributed by atoms with Crippen LogP contribution in [0.1, 0.15) is 48.5 Å². The third-order valence-electron chi connectivity index (χ3n) is 5.47. The lowest BCUT2D eigenvalue weighted by Gasteiger charge is -2.42. The SMILES string of the molecule is C[C@@H](C=O)[C@@H](CO[Si](C)(C)C(C)(C)C)O[Si](C)(C)C(C)(C)C. The molecule has 22 heavy (non-hydrogen) atoms. The highest BCUT2D eigenvalue weighted by Crippen LogP contribution is 2.39. The summed E-state index contributed by atoms with van der Waals surface area (Å²) in [5.41, 5.74) is 0. The van der Waals surface area contributed by atoms with Crippen LogP contribution in [0.4, 0.5) is 0 Å². The molecule has 0 fully saturated rings. The average Bonchev–Trinajstić information content (AvgIpc) is 2.30. The van der Waals surface area contributed by atoms with Crippen LogP contribution < -0.4 is 0 Å². The van der Waals surface area contributed by atoms with Crippen LogP contribution in [0.25, 0.3) is 0 Å². The van der Waals surface area contributed by atoms with Gasteiger partial charge in [0.15, 0.2) is 16.6 Å². The summed E-state index contributed by atoms with van der Waals surface area (Å²) < 4.78 is 12.8. The highest BCUT2D eigenvalue weighted by atomic mass is 28.4. The molecular weight excluding hydrogens is 308 g/mol. The molecule has 0 aromatic heterocycles. The predicted molar refractivity (Wildman–Crippen MR) is 100 cm³/mol. The Labute approximate surface area is 140 Å². The van der Waals surface area contributed by atoms with Gasteiger partial charge in [0.2, 0.25) is 0 Å². The summed E-state index contributed by atoms with van der Waals surface area (Å²) in [6, 6.07) is 0. The summed E-state index contributed by atoms with van der Waals surface area (Å²) >= 11 is 0. The van der Waals surface area contributed by atoms with Gasteiger partial charge in [0.25, 0.3) is 0 Å². The summed E-state index contributed by atoms with van der Waals surface area (Å²) in [6.07, 6.45) is 0.847. The van der Waals surface area contributed by atoms with Gasteiger partial charge in [-0.15, -0.1) is 0 Å². The van der Waals surface area contributed by atoms with E-state index in [4.69, 9.17) is 8.85 Å². The fourth-order valence-corrected chi connectivity index (χ4v) is 3.85. The van der Waals surface area contributed by atoms with E-state index in [0.29, 0.717) is 6.61 Å². The third kappa shape index (κ3) is 5.91. The number of carbonyl (C=O) groups excluding carboxylic acids is 1. The van der Waals surface area contributed by atoms with E-state index in [1.54, 1.807) is 0 Å². The van der Waals surface area contributed by atoms with E-state index in [1.807, 2.05) is 6.92 Å². The molecule has 0 rings (SSSR count). The smallest absolute Gasteiger partial charge is 0.192 e. The first-order valence-corrected chi connectivity index (χ1v) is 14.1. The Hall–Kier alpha value is 0.0238. The van der Waals surface area contributed by atoms with Gasteiger partial charge < -0.3 is 13.6 Å². The first-order chi connectivity index (χ1) is 9.55. The number of hydrogen-bond donors (Lipinski definition) is 0. The van der Waals surface area contributed by atoms with Crippen LogP contribution in [-0.2, 0) is 13.6 Å². The minimum absolute atomic E-state index is 0.130. The molecule has 0 spiro atoms. The van der Waals surface area contributed by atoms with Gasteiger partial charge in [-0.3, -0.25) is 0 Å². The summed E-state index contributed by atoms with van der Waals surface area (Å²) in [5.74, 6) is -0.140. The molecule has 0 radical (unpaired) electrons. The Balaban J connectivity index is 5.08. The van der Waals surface area contributed by atoms with Crippen LogP contribution in [0.3, 0.4) is 0 Å². The van der Waals surface area contributed by atoms with Crippen LogP contribution in [0.15, 0.2) is 0 Å². The van der Waals surface area contributed by atoms with Crippen molar-refractivity contribution in [1.29, 1.82) is 0 Å². The molecule has 0 N–H and O–H groups in total. The molecule has 0 bridgehead atoms. The molecule has 0 aliphatic carbocycles. The van der Waals surface area contributed by atoms with E-state index < -0.39 is 16.6 Å². The third-order valence-corrected chi connectivity index (χ3v) is 14.5. The Morgan fingerprint density at radius 1 is 0.909 bits per heavy atom. The molecule has 0 unspecified atom stereocenters. The zero-order valence-corrected chi connectivity index (χ0v) is 18.7. The zero-order valence-electron chi connectivity index (χ0n) is 16.7. The fraction of sp³-hybridized carbons (Fsp3) is 0.941. The van der Waals surface area contributed by atoms with Crippen molar-refractivity contribution in [3.8, 4) is 0 Å². The van der Waals surface area contributed by atoms with Crippen LogP contribution in [-0.4, -0.2) is 35.6 Å². The lowest BCUT2D eigenvalue weighted by atomic mass is 10.1. The maximum absolute atomic E-state index is 11.3. The van der Waals surface area contributed by atoms with Gasteiger partial charge in [-0.2, -0.15) is 0 Å². The van der Waals surface area contributed by atoms with E-state index in [2.05, 4.69) is 67.7 Å². The standard InChI is InChI=1S/C17H38O3Si2/c1-14(12-18)15(20-22(10,11)17(5,6)7)13-19-21(8,9)16(2,3)4/h12,14-15H,13H2,1-11H3/t14-,15+/m0/s1. The van der Waals surface area contributed by atoms with E-state index >= 15 is 0 Å². The summed E-state index contributed by atoms with van der Waals surface area (Å²) in [6.45, 7) is 24.7. The largest absolute Gasteiger partial charge is 0.414 e. The monoisotopic (exact) mass is 346 g/mol. The second-order valence-electron chi connectivity index (χ2n) is 9.48. The summed E-state index contributed by atoms with van der Waals surface area (Å²) in [7, 11) is -3.74. The van der Waals surface area contributed by atoms with Gasteiger partial charge in [-0.05, 0) is 36.3 Å². The van der Waals surface area contributed by atoms with Crippen molar-refractivity contribution in [3.05, 3.63) is 0 Å². The summed E-state index contributed by atoms with van der Waals surface area (Å²) in [5, 5.41) is 0.295. The van der Waals surface area contributed by atoms with Crippen molar-refractivity contribution in [3.63, 3.8) is 0 Å². The van der Waals surface area contributed by atoms with Crippen LogP contribution in [0.5, 0.6) is 0 Å². The topological polar surface area (TPSA) is 35.5 Å². The molecule has 0 aliphatic rings. The molecule has 0 aromatic carbocycles. The van der Waals surface area contributed by atoms with Crippen molar-refractivity contribution >= 4 is 22.9 Å². The molecule has 132 valence electrons. The second-order valence-corrected chi connectivity index (χ2v) is 19.0. The molecule has 5 heteroatoms. The van der Waals surface area contributed by atoms with E-state index in [-0.39, 0.29) is 22.1 Å². The molecule has 0 aromatic rings. The van der Waals surface area contributed by atoms with E-state index in [9.17, 15) is 4.79 Å². The van der Waals surface area contributed by atoms with Gasteiger partial charge in [-0.25, -0.2) is 0 Å². The minimum atomic E-state index is -1.91. The van der Waals surface area contributed by atoms with Gasteiger partial charge in [-0.1, -0.05) is 48.5 Å². The summed E-state index contributed by atoms with van der Waals surface area (Å²) in [4.78, 5) is 11.3. The van der Waals surface area contributed by atoms with Crippen LogP contribution >= 0.6 is 0 Å². The molecule has 0 saturated carbocycles. The Bertz CT molecular complexity index is 365. The highest BCUT2D eigenvalue weighted by molar-refractivity contribution is 6.74. The van der Waals surface area contributed by atoms with Gasteiger partial charge in [0.05, 0.1) is 12.7 Å². The normalized spacial score (nSPS) is 17.2. The predicted octanol–water partition coefficient (Wildman–Crippen LogP) is 5.23. The zero-order chi connectivity index (χ0) is 18.0. The second kappa shape index (κ2) is 7.28. The number of aldehydes is 1. The van der Waals surface area contributed by atoms with Crippen molar-refractivity contribution < 1.29 is 13.6 Å². The van der Waals surface area contributed by atoms with Gasteiger partial charge >= 0.3 is 0 Å². The maximum Gasteiger partial charge on any atom is 0.192 e. The molecular formula is C17H38O3Si2. The Kier molecular flexibility index (Phi) is 7.29. The number of hydrogen-bond acceptors (Lipinski definition) is 3. The van der Waals surface area contributed by atoms with Crippen molar-refractivity contribution in [2.45, 2.75) is 90.8 Å². The molecule has 0 amide bonds. The van der Waals surface area contributed by atoms with E-state index in [1.165, 1.54) is 0 Å². The van der Waals surface area contributed by atoms with Gasteiger partial charge in [0.1, 0.15) is 6.29 Å². The van der Waals surface area contributed by atoms with Crippen molar-refractivity contribution in [1.82, 2.24) is 0 Å². The lowest BCUT2D eigenvalue weighted by Crippen LogP contribution is -2.49. The van der Waals surface area contributed by atoms with Crippen LogP contribution in [0.2, 0.25) is 36.3 Å². The first-order valence-electron chi connectivity index (χ1n) is 8.32. The highest BCUT2D eigenvalue weighted by Gasteiger charge is 2.42. The quantitative estimate of drug-likeness (QED) is 0.467. The Morgan fingerprint density at radius 2 is 1.32 bits per heavy atom. The fourth-order valence-electron chi connectivity index (χ4n) is 1.44. The molecule has 3 nitrogen and oxygen atoms in total.